The van der Waals surface area contributed by atoms with E-state index >= 15 is 0 Å². The van der Waals surface area contributed by atoms with Gasteiger partial charge in [-0.2, -0.15) is 0 Å². The van der Waals surface area contributed by atoms with Crippen LogP contribution in [0.4, 0.5) is 0 Å². The maximum absolute atomic E-state index is 9.16. The average Bonchev–Trinajstić information content (AvgIpc) is 2.17. The van der Waals surface area contributed by atoms with Crippen LogP contribution in [0, 0.1) is 0 Å². The van der Waals surface area contributed by atoms with Gasteiger partial charge in [-0.05, 0) is 32.0 Å². The summed E-state index contributed by atoms with van der Waals surface area (Å²) in [6, 6.07) is 5.86. The number of benzene rings is 1. The zero-order valence-electron chi connectivity index (χ0n) is 8.16. The van der Waals surface area contributed by atoms with Crippen molar-refractivity contribution in [2.45, 2.75) is 31.5 Å². The highest BCUT2D eigenvalue weighted by Crippen LogP contribution is 2.30. The maximum Gasteiger partial charge on any atom is 0.125 e. The Morgan fingerprint density at radius 2 is 2.21 bits per heavy atom. The predicted molar refractivity (Wildman–Crippen MR) is 68.0 cm³/mol. The summed E-state index contributed by atoms with van der Waals surface area (Å²) in [6.45, 7) is 3.97. The van der Waals surface area contributed by atoms with Crippen molar-refractivity contribution in [2.24, 2.45) is 0 Å². The van der Waals surface area contributed by atoms with Crippen LogP contribution in [0.3, 0.4) is 0 Å². The first-order valence-electron chi connectivity index (χ1n) is 4.36. The molecule has 1 aromatic rings. The molecule has 0 aliphatic heterocycles. The molecule has 0 aromatic heterocycles. The highest BCUT2D eigenvalue weighted by molar-refractivity contribution is 14.2. The second-order valence-corrected chi connectivity index (χ2v) is 5.12. The van der Waals surface area contributed by atoms with Crippen molar-refractivity contribution in [3.05, 3.63) is 23.8 Å². The van der Waals surface area contributed by atoms with E-state index in [0.29, 0.717) is 0 Å². The zero-order chi connectivity index (χ0) is 10.6. The maximum atomic E-state index is 9.16. The molecule has 4 heteroatoms. The molecule has 0 heterocycles. The quantitative estimate of drug-likeness (QED) is 0.861. The van der Waals surface area contributed by atoms with Crippen molar-refractivity contribution in [1.29, 1.82) is 0 Å². The number of aliphatic hydroxyl groups is 1. The van der Waals surface area contributed by atoms with Gasteiger partial charge in [-0.25, -0.2) is 0 Å². The van der Waals surface area contributed by atoms with Gasteiger partial charge in [-0.15, -0.1) is 0 Å². The Hall–Kier alpha value is 0.0600. The van der Waals surface area contributed by atoms with Gasteiger partial charge in [0, 0.05) is 31.7 Å². The molecule has 1 aromatic carbocycles. The minimum Gasteiger partial charge on any atom is -0.491 e. The third-order valence-electron chi connectivity index (χ3n) is 1.65. The monoisotopic (exact) mass is 324 g/mol. The highest BCUT2D eigenvalue weighted by atomic mass is 127. The van der Waals surface area contributed by atoms with Crippen LogP contribution in [0.2, 0.25) is 0 Å². The van der Waals surface area contributed by atoms with E-state index in [1.807, 2.05) is 32.0 Å². The lowest BCUT2D eigenvalue weighted by atomic mass is 10.2. The summed E-state index contributed by atoms with van der Waals surface area (Å²) in [5.41, 5.74) is 0.848. The lowest BCUT2D eigenvalue weighted by Gasteiger charge is -2.13. The summed E-state index contributed by atoms with van der Waals surface area (Å²) in [6.07, 6.45) is 0.137. The highest BCUT2D eigenvalue weighted by Gasteiger charge is 2.05. The number of rotatable bonds is 4. The molecule has 78 valence electrons. The SMILES string of the molecule is CC(C)Oc1ccc(SI)cc1CO. The van der Waals surface area contributed by atoms with E-state index in [-0.39, 0.29) is 12.7 Å². The molecule has 0 spiro atoms. The standard InChI is InChI=1S/C10H13IO2S/c1-7(2)13-10-4-3-9(14-11)5-8(10)6-12/h3-5,7,12H,6H2,1-2H3. The lowest BCUT2D eigenvalue weighted by Crippen LogP contribution is -2.07. The summed E-state index contributed by atoms with van der Waals surface area (Å²) < 4.78 is 5.56. The van der Waals surface area contributed by atoms with Crippen molar-refractivity contribution < 1.29 is 9.84 Å². The molecule has 0 fully saturated rings. The van der Waals surface area contributed by atoms with Gasteiger partial charge in [0.15, 0.2) is 0 Å². The van der Waals surface area contributed by atoms with E-state index in [1.54, 1.807) is 8.93 Å². The number of hydrogen-bond donors (Lipinski definition) is 1. The van der Waals surface area contributed by atoms with Gasteiger partial charge in [0.25, 0.3) is 0 Å². The molecule has 0 amide bonds. The van der Waals surface area contributed by atoms with Crippen molar-refractivity contribution in [3.8, 4) is 5.75 Å². The second kappa shape index (κ2) is 5.82. The Balaban J connectivity index is 2.93. The number of ether oxygens (including phenoxy) is 1. The number of halogens is 1. The molecule has 0 bridgehead atoms. The van der Waals surface area contributed by atoms with Crippen LogP contribution in [0.1, 0.15) is 19.4 Å². The van der Waals surface area contributed by atoms with Crippen LogP contribution >= 0.6 is 30.1 Å². The van der Waals surface area contributed by atoms with Gasteiger partial charge in [-0.3, -0.25) is 0 Å². The van der Waals surface area contributed by atoms with Crippen LogP contribution in [-0.2, 0) is 6.61 Å². The molecular formula is C10H13IO2S. The Kier molecular flexibility index (Phi) is 5.05. The van der Waals surface area contributed by atoms with Crippen LogP contribution in [0.25, 0.3) is 0 Å². The van der Waals surface area contributed by atoms with Crippen LogP contribution in [-0.4, -0.2) is 11.2 Å². The van der Waals surface area contributed by atoms with E-state index < -0.39 is 0 Å². The molecule has 2 nitrogen and oxygen atoms in total. The van der Waals surface area contributed by atoms with Crippen molar-refractivity contribution >= 4 is 30.1 Å². The summed E-state index contributed by atoms with van der Waals surface area (Å²) in [5, 5.41) is 9.16. The van der Waals surface area contributed by atoms with E-state index in [0.717, 1.165) is 16.2 Å². The lowest BCUT2D eigenvalue weighted by molar-refractivity contribution is 0.225. The minimum atomic E-state index is 0.0209. The van der Waals surface area contributed by atoms with Gasteiger partial charge in [0.2, 0.25) is 0 Å². The van der Waals surface area contributed by atoms with Crippen LogP contribution < -0.4 is 4.74 Å². The molecule has 0 atom stereocenters. The van der Waals surface area contributed by atoms with Crippen LogP contribution in [0.15, 0.2) is 23.1 Å². The smallest absolute Gasteiger partial charge is 0.125 e. The summed E-state index contributed by atoms with van der Waals surface area (Å²) >= 11 is 2.22. The van der Waals surface area contributed by atoms with E-state index in [4.69, 9.17) is 9.84 Å². The molecule has 14 heavy (non-hydrogen) atoms. The third-order valence-corrected chi connectivity index (χ3v) is 3.61. The van der Waals surface area contributed by atoms with Crippen LogP contribution in [0.5, 0.6) is 5.75 Å². The van der Waals surface area contributed by atoms with Gasteiger partial charge in [0.05, 0.1) is 12.7 Å². The van der Waals surface area contributed by atoms with Crippen molar-refractivity contribution in [1.82, 2.24) is 0 Å². The largest absolute Gasteiger partial charge is 0.491 e. The molecular weight excluding hydrogens is 311 g/mol. The molecule has 0 saturated carbocycles. The molecule has 0 aliphatic rings. The second-order valence-electron chi connectivity index (χ2n) is 3.17. The average molecular weight is 324 g/mol. The first kappa shape index (κ1) is 12.1. The molecule has 1 N–H and O–H groups in total. The Morgan fingerprint density at radius 1 is 1.50 bits per heavy atom. The van der Waals surface area contributed by atoms with E-state index in [9.17, 15) is 0 Å². The summed E-state index contributed by atoms with van der Waals surface area (Å²) in [7, 11) is 1.63. The molecule has 0 unspecified atom stereocenters. The third kappa shape index (κ3) is 3.33. The normalized spacial score (nSPS) is 10.6. The number of aliphatic hydroxyl groups excluding tert-OH is 1. The Labute approximate surface area is 101 Å². The van der Waals surface area contributed by atoms with Gasteiger partial charge in [0.1, 0.15) is 5.75 Å². The molecule has 0 aliphatic carbocycles. The number of hydrogen-bond acceptors (Lipinski definition) is 3. The minimum absolute atomic E-state index is 0.0209. The van der Waals surface area contributed by atoms with E-state index in [2.05, 4.69) is 21.2 Å². The molecule has 0 radical (unpaired) electrons. The molecule has 1 rings (SSSR count). The first-order chi connectivity index (χ1) is 6.67. The fourth-order valence-corrected chi connectivity index (χ4v) is 2.22. The fourth-order valence-electron chi connectivity index (χ4n) is 1.10. The van der Waals surface area contributed by atoms with Crippen molar-refractivity contribution in [2.75, 3.05) is 0 Å². The van der Waals surface area contributed by atoms with Crippen molar-refractivity contribution in [3.63, 3.8) is 0 Å². The van der Waals surface area contributed by atoms with Gasteiger partial charge in [-0.1, -0.05) is 8.93 Å². The van der Waals surface area contributed by atoms with Gasteiger partial charge < -0.3 is 9.84 Å². The van der Waals surface area contributed by atoms with Gasteiger partial charge >= 0.3 is 0 Å². The zero-order valence-corrected chi connectivity index (χ0v) is 11.1. The summed E-state index contributed by atoms with van der Waals surface area (Å²) in [5.74, 6) is 0.775. The first-order valence-corrected chi connectivity index (χ1v) is 7.72. The Morgan fingerprint density at radius 3 is 2.71 bits per heavy atom. The topological polar surface area (TPSA) is 29.5 Å². The fraction of sp³-hybridized carbons (Fsp3) is 0.400. The predicted octanol–water partition coefficient (Wildman–Crippen LogP) is 3.41. The molecule has 0 saturated heterocycles. The van der Waals surface area contributed by atoms with E-state index in [1.165, 1.54) is 0 Å². The summed E-state index contributed by atoms with van der Waals surface area (Å²) in [4.78, 5) is 1.13. The Bertz CT molecular complexity index is 302.